The van der Waals surface area contributed by atoms with Crippen LogP contribution in [0.5, 0.6) is 17.5 Å². The Bertz CT molecular complexity index is 904. The molecule has 0 saturated carbocycles. The Labute approximate surface area is 151 Å². The first kappa shape index (κ1) is 17.4. The first-order valence-electron chi connectivity index (χ1n) is 8.11. The number of hydrogen-bond donors (Lipinski definition) is 1. The molecule has 0 unspecified atom stereocenters. The Morgan fingerprint density at radius 2 is 1.54 bits per heavy atom. The SMILES string of the molecule is COc1ccccc1C(=O)Nc1c(C)nc(Oc2ccccc2)nc1C. The fraction of sp³-hybridized carbons (Fsp3) is 0.150. The minimum Gasteiger partial charge on any atom is -0.496 e. The molecule has 0 spiro atoms. The maximum atomic E-state index is 12.6. The van der Waals surface area contributed by atoms with E-state index in [4.69, 9.17) is 9.47 Å². The van der Waals surface area contributed by atoms with E-state index in [1.807, 2.05) is 36.4 Å². The van der Waals surface area contributed by atoms with Crippen LogP contribution in [0.25, 0.3) is 0 Å². The van der Waals surface area contributed by atoms with Gasteiger partial charge in [0.15, 0.2) is 0 Å². The van der Waals surface area contributed by atoms with Gasteiger partial charge in [0.25, 0.3) is 5.91 Å². The monoisotopic (exact) mass is 349 g/mol. The minimum atomic E-state index is -0.283. The molecule has 3 aromatic rings. The summed E-state index contributed by atoms with van der Waals surface area (Å²) >= 11 is 0. The molecule has 3 rings (SSSR count). The molecular formula is C20H19N3O3. The fourth-order valence-corrected chi connectivity index (χ4v) is 2.52. The molecule has 6 nitrogen and oxygen atoms in total. The van der Waals surface area contributed by atoms with Gasteiger partial charge in [-0.25, -0.2) is 0 Å². The molecule has 0 aliphatic carbocycles. The van der Waals surface area contributed by atoms with E-state index in [1.165, 1.54) is 7.11 Å². The molecule has 0 aliphatic rings. The Morgan fingerprint density at radius 1 is 0.923 bits per heavy atom. The van der Waals surface area contributed by atoms with E-state index in [-0.39, 0.29) is 11.9 Å². The lowest BCUT2D eigenvalue weighted by molar-refractivity contribution is 0.102. The number of carbonyl (C=O) groups excluding carboxylic acids is 1. The summed E-state index contributed by atoms with van der Waals surface area (Å²) < 4.78 is 10.9. The third-order valence-corrected chi connectivity index (χ3v) is 3.79. The van der Waals surface area contributed by atoms with Gasteiger partial charge in [0, 0.05) is 0 Å². The zero-order valence-electron chi connectivity index (χ0n) is 14.8. The summed E-state index contributed by atoms with van der Waals surface area (Å²) in [6.07, 6.45) is 0. The van der Waals surface area contributed by atoms with E-state index < -0.39 is 0 Å². The second-order valence-electron chi connectivity index (χ2n) is 5.62. The number of nitrogens with one attached hydrogen (secondary N) is 1. The van der Waals surface area contributed by atoms with Crippen molar-refractivity contribution in [2.75, 3.05) is 12.4 Å². The fourth-order valence-electron chi connectivity index (χ4n) is 2.52. The second kappa shape index (κ2) is 7.65. The molecule has 26 heavy (non-hydrogen) atoms. The molecule has 0 bridgehead atoms. The van der Waals surface area contributed by atoms with Gasteiger partial charge in [0.2, 0.25) is 0 Å². The zero-order chi connectivity index (χ0) is 18.5. The number of benzene rings is 2. The number of aromatic nitrogens is 2. The van der Waals surface area contributed by atoms with Gasteiger partial charge in [-0.05, 0) is 38.1 Å². The van der Waals surface area contributed by atoms with Crippen molar-refractivity contribution in [2.45, 2.75) is 13.8 Å². The van der Waals surface area contributed by atoms with Crippen LogP contribution in [0.3, 0.4) is 0 Å². The van der Waals surface area contributed by atoms with Crippen LogP contribution in [-0.2, 0) is 0 Å². The van der Waals surface area contributed by atoms with E-state index in [2.05, 4.69) is 15.3 Å². The molecular weight excluding hydrogens is 330 g/mol. The largest absolute Gasteiger partial charge is 0.496 e. The molecule has 132 valence electrons. The van der Waals surface area contributed by atoms with Crippen LogP contribution in [0.1, 0.15) is 21.7 Å². The molecule has 1 N–H and O–H groups in total. The maximum Gasteiger partial charge on any atom is 0.322 e. The van der Waals surface area contributed by atoms with Crippen LogP contribution in [-0.4, -0.2) is 23.0 Å². The predicted octanol–water partition coefficient (Wildman–Crippen LogP) is 4.15. The maximum absolute atomic E-state index is 12.6. The number of anilines is 1. The van der Waals surface area contributed by atoms with Crippen LogP contribution < -0.4 is 14.8 Å². The number of rotatable bonds is 5. The topological polar surface area (TPSA) is 73.3 Å². The smallest absolute Gasteiger partial charge is 0.322 e. The van der Waals surface area contributed by atoms with E-state index in [0.717, 1.165) is 0 Å². The summed E-state index contributed by atoms with van der Waals surface area (Å²) in [6, 6.07) is 16.6. The van der Waals surface area contributed by atoms with Crippen LogP contribution in [0.4, 0.5) is 5.69 Å². The molecule has 0 fully saturated rings. The Kier molecular flexibility index (Phi) is 5.12. The van der Waals surface area contributed by atoms with E-state index in [9.17, 15) is 4.79 Å². The molecule has 2 aromatic carbocycles. The van der Waals surface area contributed by atoms with Gasteiger partial charge in [0.05, 0.1) is 29.7 Å². The number of hydrogen-bond acceptors (Lipinski definition) is 5. The molecule has 1 aromatic heterocycles. The van der Waals surface area contributed by atoms with Crippen molar-refractivity contribution >= 4 is 11.6 Å². The molecule has 6 heteroatoms. The Morgan fingerprint density at radius 3 is 2.19 bits per heavy atom. The lowest BCUT2D eigenvalue weighted by atomic mass is 10.1. The number of methoxy groups -OCH3 is 1. The van der Waals surface area contributed by atoms with Gasteiger partial charge in [-0.3, -0.25) is 4.79 Å². The Hall–Kier alpha value is -3.41. The predicted molar refractivity (Wildman–Crippen MR) is 99.0 cm³/mol. The van der Waals surface area contributed by atoms with Gasteiger partial charge in [-0.2, -0.15) is 9.97 Å². The third kappa shape index (κ3) is 3.80. The number of carbonyl (C=O) groups is 1. The van der Waals surface area contributed by atoms with Crippen molar-refractivity contribution in [2.24, 2.45) is 0 Å². The second-order valence-corrected chi connectivity index (χ2v) is 5.62. The van der Waals surface area contributed by atoms with Gasteiger partial charge in [0.1, 0.15) is 11.5 Å². The Balaban J connectivity index is 1.83. The van der Waals surface area contributed by atoms with Gasteiger partial charge in [-0.15, -0.1) is 0 Å². The quantitative estimate of drug-likeness (QED) is 0.749. The van der Waals surface area contributed by atoms with Crippen molar-refractivity contribution in [1.29, 1.82) is 0 Å². The van der Waals surface area contributed by atoms with Gasteiger partial charge >= 0.3 is 6.01 Å². The van der Waals surface area contributed by atoms with Crippen molar-refractivity contribution in [3.8, 4) is 17.5 Å². The molecule has 0 radical (unpaired) electrons. The van der Waals surface area contributed by atoms with Crippen molar-refractivity contribution in [3.05, 3.63) is 71.5 Å². The summed E-state index contributed by atoms with van der Waals surface area (Å²) in [4.78, 5) is 21.3. The normalized spacial score (nSPS) is 10.3. The highest BCUT2D eigenvalue weighted by molar-refractivity contribution is 6.06. The minimum absolute atomic E-state index is 0.237. The van der Waals surface area contributed by atoms with Crippen LogP contribution in [0.15, 0.2) is 54.6 Å². The molecule has 1 amide bonds. The molecule has 0 atom stereocenters. The van der Waals surface area contributed by atoms with Crippen LogP contribution in [0.2, 0.25) is 0 Å². The summed E-state index contributed by atoms with van der Waals surface area (Å²) in [5.74, 6) is 0.872. The lowest BCUT2D eigenvalue weighted by Gasteiger charge is -2.13. The zero-order valence-corrected chi connectivity index (χ0v) is 14.8. The number of para-hydroxylation sites is 2. The molecule has 0 aliphatic heterocycles. The van der Waals surface area contributed by atoms with Gasteiger partial charge in [-0.1, -0.05) is 30.3 Å². The lowest BCUT2D eigenvalue weighted by Crippen LogP contribution is -2.16. The first-order valence-corrected chi connectivity index (χ1v) is 8.11. The van der Waals surface area contributed by atoms with E-state index in [0.29, 0.717) is 34.1 Å². The van der Waals surface area contributed by atoms with Crippen molar-refractivity contribution < 1.29 is 14.3 Å². The highest BCUT2D eigenvalue weighted by Crippen LogP contribution is 2.25. The van der Waals surface area contributed by atoms with E-state index in [1.54, 1.807) is 32.0 Å². The van der Waals surface area contributed by atoms with Crippen molar-refractivity contribution in [3.63, 3.8) is 0 Å². The number of nitrogens with zero attached hydrogens (tertiary/aromatic N) is 2. The van der Waals surface area contributed by atoms with Crippen molar-refractivity contribution in [1.82, 2.24) is 9.97 Å². The standard InChI is InChI=1S/C20H19N3O3/c1-13-18(23-19(24)16-11-7-8-12-17(16)25-3)14(2)22-20(21-13)26-15-9-5-4-6-10-15/h4-12H,1-3H3,(H,23,24). The number of aryl methyl sites for hydroxylation is 2. The first-order chi connectivity index (χ1) is 12.6. The van der Waals surface area contributed by atoms with Crippen LogP contribution in [0, 0.1) is 13.8 Å². The molecule has 1 heterocycles. The average molecular weight is 349 g/mol. The summed E-state index contributed by atoms with van der Waals surface area (Å²) in [5.41, 5.74) is 2.23. The highest BCUT2D eigenvalue weighted by Gasteiger charge is 2.16. The molecule has 0 saturated heterocycles. The summed E-state index contributed by atoms with van der Waals surface area (Å²) in [7, 11) is 1.53. The highest BCUT2D eigenvalue weighted by atomic mass is 16.5. The third-order valence-electron chi connectivity index (χ3n) is 3.79. The summed E-state index contributed by atoms with van der Waals surface area (Å²) in [6.45, 7) is 3.59. The van der Waals surface area contributed by atoms with Crippen LogP contribution >= 0.6 is 0 Å². The number of ether oxygens (including phenoxy) is 2. The van der Waals surface area contributed by atoms with E-state index >= 15 is 0 Å². The summed E-state index contributed by atoms with van der Waals surface area (Å²) in [5, 5.41) is 2.86. The van der Waals surface area contributed by atoms with Gasteiger partial charge < -0.3 is 14.8 Å². The number of amides is 1. The average Bonchev–Trinajstić information content (AvgIpc) is 2.65.